The zero-order valence-electron chi connectivity index (χ0n) is 27.5. The molecule has 5 heterocycles. The molecule has 2 amide bonds. The average Bonchev–Trinajstić information content (AvgIpc) is 3.89. The van der Waals surface area contributed by atoms with Crippen LogP contribution in [-0.4, -0.2) is 97.9 Å². The van der Waals surface area contributed by atoms with E-state index in [4.69, 9.17) is 4.74 Å². The summed E-state index contributed by atoms with van der Waals surface area (Å²) in [6, 6.07) is 17.9. The molecule has 0 spiro atoms. The Morgan fingerprint density at radius 2 is 1.88 bits per heavy atom. The number of aromatic amines is 1. The highest BCUT2D eigenvalue weighted by Gasteiger charge is 2.33. The summed E-state index contributed by atoms with van der Waals surface area (Å²) in [6.07, 6.45) is 7.04. The molecule has 0 radical (unpaired) electrons. The van der Waals surface area contributed by atoms with Crippen molar-refractivity contribution < 1.29 is 14.3 Å². The maximum absolute atomic E-state index is 13.8. The van der Waals surface area contributed by atoms with Gasteiger partial charge in [0.05, 0.1) is 37.0 Å². The summed E-state index contributed by atoms with van der Waals surface area (Å²) in [5.74, 6) is 1.40. The first-order valence-electron chi connectivity index (χ1n) is 16.4. The summed E-state index contributed by atoms with van der Waals surface area (Å²) in [4.78, 5) is 41.8. The third kappa shape index (κ3) is 6.30. The van der Waals surface area contributed by atoms with Gasteiger partial charge >= 0.3 is 0 Å². The van der Waals surface area contributed by atoms with Crippen LogP contribution in [0, 0.1) is 5.92 Å². The average molecular weight is 646 g/mol. The van der Waals surface area contributed by atoms with E-state index in [0.29, 0.717) is 44.3 Å². The maximum Gasteiger partial charge on any atom is 0.237 e. The van der Waals surface area contributed by atoms with Gasteiger partial charge in [0.1, 0.15) is 17.8 Å². The molecule has 5 aromatic rings. The fraction of sp³-hybridized carbons (Fsp3) is 0.333. The van der Waals surface area contributed by atoms with E-state index in [9.17, 15) is 9.59 Å². The molecule has 12 heteroatoms. The van der Waals surface area contributed by atoms with Gasteiger partial charge in [-0.2, -0.15) is 10.2 Å². The second-order valence-corrected chi connectivity index (χ2v) is 12.3. The third-order valence-electron chi connectivity index (χ3n) is 9.31. The number of ether oxygens (including phenoxy) is 1. The Bertz CT molecular complexity index is 1960. The lowest BCUT2D eigenvalue weighted by molar-refractivity contribution is -0.132. The molecule has 1 N–H and O–H groups in total. The van der Waals surface area contributed by atoms with Crippen LogP contribution in [0.2, 0.25) is 0 Å². The molecule has 0 unspecified atom stereocenters. The number of hydrogen-bond acceptors (Lipinski definition) is 8. The number of carbonyl (C=O) groups is 2. The minimum atomic E-state index is -0.169. The van der Waals surface area contributed by atoms with Crippen molar-refractivity contribution in [1.29, 1.82) is 0 Å². The van der Waals surface area contributed by atoms with E-state index >= 15 is 0 Å². The molecule has 12 nitrogen and oxygen atoms in total. The van der Waals surface area contributed by atoms with Crippen molar-refractivity contribution in [2.45, 2.75) is 19.8 Å². The largest absolute Gasteiger partial charge is 0.495 e. The molecule has 2 aliphatic heterocycles. The highest BCUT2D eigenvalue weighted by atomic mass is 16.5. The molecular formula is C36H39N9O3. The highest BCUT2D eigenvalue weighted by molar-refractivity contribution is 6.00. The van der Waals surface area contributed by atoms with E-state index in [1.54, 1.807) is 24.3 Å². The Morgan fingerprint density at radius 1 is 1.04 bits per heavy atom. The van der Waals surface area contributed by atoms with Crippen LogP contribution in [0.3, 0.4) is 0 Å². The van der Waals surface area contributed by atoms with Crippen molar-refractivity contribution in [3.8, 4) is 28.5 Å². The molecule has 0 aliphatic carbocycles. The summed E-state index contributed by atoms with van der Waals surface area (Å²) < 4.78 is 6.94. The number of aromatic nitrogens is 6. The number of nitrogens with one attached hydrogen (secondary N) is 1. The van der Waals surface area contributed by atoms with Gasteiger partial charge in [0.25, 0.3) is 0 Å². The van der Waals surface area contributed by atoms with Gasteiger partial charge in [-0.15, -0.1) is 0 Å². The lowest BCUT2D eigenvalue weighted by Crippen LogP contribution is -2.42. The second kappa shape index (κ2) is 13.4. The number of carbonyl (C=O) groups excluding carboxylic acids is 2. The molecule has 1 saturated heterocycles. The number of nitrogens with zero attached hydrogens (tertiary/aromatic N) is 8. The number of rotatable bonds is 9. The maximum atomic E-state index is 13.8. The van der Waals surface area contributed by atoms with Crippen LogP contribution < -0.4 is 9.64 Å². The number of fused-ring (bicyclic) bond motifs is 1. The molecule has 2 aromatic carbocycles. The molecule has 7 rings (SSSR count). The number of aryl methyl sites for hydroxylation is 1. The first-order chi connectivity index (χ1) is 23.4. The van der Waals surface area contributed by atoms with Gasteiger partial charge in [0, 0.05) is 49.9 Å². The van der Waals surface area contributed by atoms with Crippen LogP contribution >= 0.6 is 0 Å². The normalized spacial score (nSPS) is 16.7. The predicted molar refractivity (Wildman–Crippen MR) is 184 cm³/mol. The number of benzene rings is 2. The summed E-state index contributed by atoms with van der Waals surface area (Å²) >= 11 is 0. The lowest BCUT2D eigenvalue weighted by Gasteiger charge is -2.29. The van der Waals surface area contributed by atoms with E-state index in [2.05, 4.69) is 48.4 Å². The topological polar surface area (TPSA) is 125 Å². The smallest absolute Gasteiger partial charge is 0.237 e. The van der Waals surface area contributed by atoms with Crippen LogP contribution in [0.4, 0.5) is 5.69 Å². The number of methoxy groups -OCH3 is 1. The van der Waals surface area contributed by atoms with Crippen LogP contribution in [0.25, 0.3) is 39.3 Å². The summed E-state index contributed by atoms with van der Waals surface area (Å²) in [5.41, 5.74) is 6.51. The van der Waals surface area contributed by atoms with E-state index in [-0.39, 0.29) is 17.7 Å². The summed E-state index contributed by atoms with van der Waals surface area (Å²) in [7, 11) is 3.46. The highest BCUT2D eigenvalue weighted by Crippen LogP contribution is 2.31. The molecule has 246 valence electrons. The Kier molecular flexibility index (Phi) is 8.72. The van der Waals surface area contributed by atoms with Crippen molar-refractivity contribution in [2.75, 3.05) is 51.3 Å². The number of anilines is 1. The zero-order valence-corrected chi connectivity index (χ0v) is 27.5. The van der Waals surface area contributed by atoms with Gasteiger partial charge in [-0.3, -0.25) is 29.3 Å². The number of likely N-dealkylation sites (tertiary alicyclic amines) is 1. The van der Waals surface area contributed by atoms with E-state index in [0.717, 1.165) is 58.5 Å². The number of H-pyrrole nitrogens is 1. The van der Waals surface area contributed by atoms with Gasteiger partial charge in [-0.25, -0.2) is 4.98 Å². The molecule has 1 fully saturated rings. The number of amides is 2. The Morgan fingerprint density at radius 3 is 2.56 bits per heavy atom. The molecule has 48 heavy (non-hydrogen) atoms. The summed E-state index contributed by atoms with van der Waals surface area (Å²) in [5, 5.41) is 12.8. The van der Waals surface area contributed by atoms with Crippen molar-refractivity contribution in [3.63, 3.8) is 0 Å². The van der Waals surface area contributed by atoms with E-state index in [1.807, 2.05) is 66.2 Å². The Labute approximate surface area is 279 Å². The molecule has 3 aromatic heterocycles. The van der Waals surface area contributed by atoms with Crippen molar-refractivity contribution in [3.05, 3.63) is 78.8 Å². The molecule has 0 saturated carbocycles. The quantitative estimate of drug-likeness (QED) is 0.250. The van der Waals surface area contributed by atoms with E-state index in [1.165, 1.54) is 5.57 Å². The first-order valence-corrected chi connectivity index (χ1v) is 16.4. The first kappa shape index (κ1) is 31.3. The number of pyridine rings is 1. The lowest BCUT2D eigenvalue weighted by atomic mass is 9.98. The molecule has 0 bridgehead atoms. The predicted octanol–water partition coefficient (Wildman–Crippen LogP) is 4.42. The monoisotopic (exact) mass is 645 g/mol. The SMILES string of the molecule is CCN(C(=O)[C@@H]1CCN(CC(=O)N2CC=C(c3ccc(-c4ncn(C)n4)cc3)CC2)C1)c1ccc2[nH]nc(-c3ccc(OC)cn3)c2c1. The van der Waals surface area contributed by atoms with Crippen LogP contribution in [0.15, 0.2) is 73.2 Å². The summed E-state index contributed by atoms with van der Waals surface area (Å²) in [6.45, 7) is 5.41. The van der Waals surface area contributed by atoms with Crippen molar-refractivity contribution in [1.82, 2.24) is 39.7 Å². The van der Waals surface area contributed by atoms with Crippen LogP contribution in [0.5, 0.6) is 5.75 Å². The number of hydrogen-bond donors (Lipinski definition) is 1. The standard InChI is InChI=1S/C36H39N9O3/c1-4-45(28-9-11-31-30(19-28)34(40-39-31)32-12-10-29(48-3)20-37-32)36(47)27-13-16-43(21-27)22-33(46)44-17-14-25(15-18-44)24-5-7-26(8-6-24)35-38-23-42(2)41-35/h5-12,14,19-20,23,27H,4,13,15-18,21-22H2,1-3H3,(H,39,40)/t27-/m1/s1. The van der Waals surface area contributed by atoms with Gasteiger partial charge in [0.2, 0.25) is 11.8 Å². The minimum Gasteiger partial charge on any atom is -0.495 e. The van der Waals surface area contributed by atoms with Gasteiger partial charge in [0.15, 0.2) is 5.82 Å². The van der Waals surface area contributed by atoms with Gasteiger partial charge in [-0.05, 0) is 67.8 Å². The molecule has 2 aliphatic rings. The van der Waals surface area contributed by atoms with Crippen LogP contribution in [-0.2, 0) is 16.6 Å². The third-order valence-corrected chi connectivity index (χ3v) is 9.31. The second-order valence-electron chi connectivity index (χ2n) is 12.3. The molecule has 1 atom stereocenters. The Hall–Kier alpha value is -5.36. The van der Waals surface area contributed by atoms with Crippen molar-refractivity contribution in [2.24, 2.45) is 13.0 Å². The van der Waals surface area contributed by atoms with E-state index < -0.39 is 0 Å². The van der Waals surface area contributed by atoms with Gasteiger partial charge < -0.3 is 14.5 Å². The zero-order chi connectivity index (χ0) is 33.2. The Balaban J connectivity index is 0.955. The molecular weight excluding hydrogens is 606 g/mol. The van der Waals surface area contributed by atoms with Gasteiger partial charge in [-0.1, -0.05) is 30.3 Å². The van der Waals surface area contributed by atoms with Crippen molar-refractivity contribution >= 4 is 34.0 Å². The minimum absolute atomic E-state index is 0.0785. The fourth-order valence-corrected chi connectivity index (χ4v) is 6.62. The van der Waals surface area contributed by atoms with Crippen LogP contribution in [0.1, 0.15) is 25.3 Å². The fourth-order valence-electron chi connectivity index (χ4n) is 6.62.